The standard InChI is InChI=1S/C16H13F14NO3/c1-6(34-10(33)12(19,20)14(23,24)16(28,29)30)3-8-4-7(5-31(8)2)9(32)11(17,18)13(21,22)15(25,26)27/h5-6,8H,3-4H2,1-2H3. The van der Waals surface area contributed by atoms with Gasteiger partial charge < -0.3 is 9.64 Å². The molecule has 0 aromatic heterocycles. The van der Waals surface area contributed by atoms with Gasteiger partial charge in [-0.15, -0.1) is 0 Å². The molecule has 198 valence electrons. The first-order chi connectivity index (χ1) is 14.8. The fourth-order valence-electron chi connectivity index (χ4n) is 2.72. The van der Waals surface area contributed by atoms with Crippen molar-refractivity contribution in [2.24, 2.45) is 0 Å². The maximum absolute atomic E-state index is 13.6. The van der Waals surface area contributed by atoms with Crippen LogP contribution in [0.2, 0.25) is 0 Å². The van der Waals surface area contributed by atoms with Crippen molar-refractivity contribution in [2.45, 2.75) is 68.0 Å². The summed E-state index contributed by atoms with van der Waals surface area (Å²) < 4.78 is 182. The Morgan fingerprint density at radius 3 is 1.71 bits per heavy atom. The van der Waals surface area contributed by atoms with Crippen LogP contribution in [0.3, 0.4) is 0 Å². The smallest absolute Gasteiger partial charge is 0.458 e. The van der Waals surface area contributed by atoms with Crippen LogP contribution in [0.4, 0.5) is 61.5 Å². The van der Waals surface area contributed by atoms with Crippen molar-refractivity contribution in [3.63, 3.8) is 0 Å². The Balaban J connectivity index is 2.92. The number of hydrogen-bond donors (Lipinski definition) is 0. The molecule has 2 atom stereocenters. The maximum atomic E-state index is 13.6. The highest BCUT2D eigenvalue weighted by atomic mass is 19.4. The summed E-state index contributed by atoms with van der Waals surface area (Å²) in [5, 5.41) is 0. The minimum atomic E-state index is -6.84. The number of alkyl halides is 14. The molecule has 0 aromatic carbocycles. The molecule has 0 aliphatic carbocycles. The molecule has 1 aliphatic heterocycles. The van der Waals surface area contributed by atoms with E-state index in [1.165, 1.54) is 0 Å². The van der Waals surface area contributed by atoms with Gasteiger partial charge in [0, 0.05) is 31.3 Å². The summed E-state index contributed by atoms with van der Waals surface area (Å²) in [4.78, 5) is 23.6. The third-order valence-corrected chi connectivity index (χ3v) is 4.64. The van der Waals surface area contributed by atoms with Crippen molar-refractivity contribution in [1.29, 1.82) is 0 Å². The monoisotopic (exact) mass is 533 g/mol. The zero-order chi connectivity index (χ0) is 27.3. The van der Waals surface area contributed by atoms with E-state index in [1.807, 2.05) is 0 Å². The highest BCUT2D eigenvalue weighted by Gasteiger charge is 2.78. The van der Waals surface area contributed by atoms with E-state index in [1.54, 1.807) is 0 Å². The van der Waals surface area contributed by atoms with Crippen molar-refractivity contribution in [3.05, 3.63) is 11.8 Å². The molecule has 1 heterocycles. The van der Waals surface area contributed by atoms with E-state index in [0.29, 0.717) is 13.1 Å². The summed E-state index contributed by atoms with van der Waals surface area (Å²) in [7, 11) is 0.950. The largest absolute Gasteiger partial charge is 0.460 e. The number of nitrogens with zero attached hydrogens (tertiary/aromatic N) is 1. The Morgan fingerprint density at radius 2 is 1.29 bits per heavy atom. The van der Waals surface area contributed by atoms with Crippen molar-refractivity contribution in [3.8, 4) is 0 Å². The molecule has 1 rings (SSSR count). The lowest BCUT2D eigenvalue weighted by Crippen LogP contribution is -2.57. The number of carbonyl (C=O) groups is 2. The molecule has 2 unspecified atom stereocenters. The van der Waals surface area contributed by atoms with Crippen LogP contribution < -0.4 is 0 Å². The average molecular weight is 533 g/mol. The van der Waals surface area contributed by atoms with Crippen molar-refractivity contribution < 1.29 is 75.8 Å². The average Bonchev–Trinajstić information content (AvgIpc) is 2.98. The summed E-state index contributed by atoms with van der Waals surface area (Å²) in [5.74, 6) is -32.4. The molecule has 0 fully saturated rings. The molecule has 4 nitrogen and oxygen atoms in total. The quantitative estimate of drug-likeness (QED) is 0.321. The van der Waals surface area contributed by atoms with Gasteiger partial charge in [0.2, 0.25) is 5.78 Å². The van der Waals surface area contributed by atoms with E-state index in [4.69, 9.17) is 0 Å². The fourth-order valence-corrected chi connectivity index (χ4v) is 2.72. The summed E-state index contributed by atoms with van der Waals surface area (Å²) in [6, 6.07) is -1.37. The van der Waals surface area contributed by atoms with Crippen LogP contribution in [-0.4, -0.2) is 71.9 Å². The Hall–Kier alpha value is -2.30. The topological polar surface area (TPSA) is 46.6 Å². The van der Waals surface area contributed by atoms with Gasteiger partial charge in [0.25, 0.3) is 0 Å². The van der Waals surface area contributed by atoms with Crippen molar-refractivity contribution in [2.75, 3.05) is 7.05 Å². The molecule has 1 aliphatic rings. The van der Waals surface area contributed by atoms with Gasteiger partial charge in [-0.2, -0.15) is 61.5 Å². The van der Waals surface area contributed by atoms with Crippen LogP contribution in [0.5, 0.6) is 0 Å². The predicted molar refractivity (Wildman–Crippen MR) is 81.3 cm³/mol. The lowest BCUT2D eigenvalue weighted by Gasteiger charge is -2.29. The number of esters is 1. The van der Waals surface area contributed by atoms with E-state index in [-0.39, 0.29) is 0 Å². The second kappa shape index (κ2) is 8.73. The number of halogens is 14. The molecular weight excluding hydrogens is 520 g/mol. The summed E-state index contributed by atoms with van der Waals surface area (Å²) in [5.41, 5.74) is -1.27. The lowest BCUT2D eigenvalue weighted by atomic mass is 9.96. The van der Waals surface area contributed by atoms with E-state index < -0.39 is 78.4 Å². The molecule has 0 radical (unpaired) electrons. The number of ether oxygens (including phenoxy) is 1. The molecule has 34 heavy (non-hydrogen) atoms. The van der Waals surface area contributed by atoms with Crippen LogP contribution in [0.1, 0.15) is 19.8 Å². The normalized spacial score (nSPS) is 19.7. The first kappa shape index (κ1) is 29.7. The number of hydrogen-bond acceptors (Lipinski definition) is 4. The lowest BCUT2D eigenvalue weighted by molar-refractivity contribution is -0.349. The Kier molecular flexibility index (Phi) is 7.63. The molecule has 0 aromatic rings. The second-order valence-corrected chi connectivity index (χ2v) is 7.25. The van der Waals surface area contributed by atoms with Gasteiger partial charge in [0.05, 0.1) is 0 Å². The molecule has 0 bridgehead atoms. The van der Waals surface area contributed by atoms with E-state index in [9.17, 15) is 71.1 Å². The van der Waals surface area contributed by atoms with E-state index in [0.717, 1.165) is 11.9 Å². The predicted octanol–water partition coefficient (Wildman–Crippen LogP) is 5.13. The first-order valence-corrected chi connectivity index (χ1v) is 8.65. The maximum Gasteiger partial charge on any atom is 0.460 e. The minimum Gasteiger partial charge on any atom is -0.458 e. The zero-order valence-corrected chi connectivity index (χ0v) is 16.6. The van der Waals surface area contributed by atoms with Crippen LogP contribution in [0.15, 0.2) is 11.8 Å². The van der Waals surface area contributed by atoms with Gasteiger partial charge in [-0.25, -0.2) is 4.79 Å². The Morgan fingerprint density at radius 1 is 0.882 bits per heavy atom. The van der Waals surface area contributed by atoms with Crippen molar-refractivity contribution in [1.82, 2.24) is 4.90 Å². The Labute approximate surface area is 180 Å². The van der Waals surface area contributed by atoms with Gasteiger partial charge in [-0.3, -0.25) is 4.79 Å². The number of carbonyl (C=O) groups excluding carboxylic acids is 2. The highest BCUT2D eigenvalue weighted by molar-refractivity contribution is 6.02. The minimum absolute atomic E-state index is 0.411. The van der Waals surface area contributed by atoms with Gasteiger partial charge in [-0.1, -0.05) is 0 Å². The molecule has 0 saturated carbocycles. The second-order valence-electron chi connectivity index (χ2n) is 7.25. The summed E-state index contributed by atoms with van der Waals surface area (Å²) in [6.45, 7) is 0.694. The summed E-state index contributed by atoms with van der Waals surface area (Å²) in [6.07, 6.45) is -17.0. The van der Waals surface area contributed by atoms with Gasteiger partial charge in [-0.05, 0) is 13.3 Å². The van der Waals surface area contributed by atoms with Crippen LogP contribution >= 0.6 is 0 Å². The fraction of sp³-hybridized carbons (Fsp3) is 0.750. The van der Waals surface area contributed by atoms with E-state index >= 15 is 0 Å². The summed E-state index contributed by atoms with van der Waals surface area (Å²) >= 11 is 0. The number of ketones is 1. The number of Topliss-reactive ketones (excluding diaryl/α,β-unsaturated/α-hetero) is 1. The molecule has 18 heteroatoms. The van der Waals surface area contributed by atoms with Gasteiger partial charge >= 0.3 is 42.0 Å². The molecule has 0 saturated heterocycles. The molecule has 0 N–H and O–H groups in total. The van der Waals surface area contributed by atoms with Crippen molar-refractivity contribution >= 4 is 11.8 Å². The molecular formula is C16H13F14NO3. The molecule has 0 amide bonds. The molecule has 0 spiro atoms. The zero-order valence-electron chi connectivity index (χ0n) is 16.6. The van der Waals surface area contributed by atoms with Gasteiger partial charge in [0.15, 0.2) is 0 Å². The first-order valence-electron chi connectivity index (χ1n) is 8.65. The Bertz CT molecular complexity index is 830. The third kappa shape index (κ3) is 5.04. The SMILES string of the molecule is CC(CC1CC(C(=O)C(F)(F)C(F)(F)C(F)(F)F)=CN1C)OC(=O)C(F)(F)C(F)(F)C(F)(F)F. The third-order valence-electron chi connectivity index (χ3n) is 4.64. The van der Waals surface area contributed by atoms with Crippen LogP contribution in [-0.2, 0) is 14.3 Å². The highest BCUT2D eigenvalue weighted by Crippen LogP contribution is 2.49. The van der Waals surface area contributed by atoms with Crippen LogP contribution in [0.25, 0.3) is 0 Å². The number of rotatable bonds is 8. The van der Waals surface area contributed by atoms with E-state index in [2.05, 4.69) is 4.74 Å². The van der Waals surface area contributed by atoms with Crippen LogP contribution in [0, 0.1) is 0 Å². The van der Waals surface area contributed by atoms with Gasteiger partial charge in [0.1, 0.15) is 6.10 Å².